The Kier molecular flexibility index (Phi) is 13.7. The molecular weight excluding hydrogens is 569 g/mol. The van der Waals surface area contributed by atoms with Gasteiger partial charge in [-0.3, -0.25) is 9.59 Å². The molecule has 0 aromatic heterocycles. The number of esters is 2. The highest BCUT2D eigenvalue weighted by molar-refractivity contribution is 7.99. The standard InChI is InChI=1S/C34H46O4S3/c1-11-15-39-17-13-31(35)37-27-19-23(3)29(21-25(27)33(5,6)7)41-30-22-26(34(8,9)10)28(20-24(30)4)38-32(36)14-18-40-16-12-2/h11-12,19-22H,1-2,13-18H2,3-10H3. The lowest BCUT2D eigenvalue weighted by Gasteiger charge is -2.26. The van der Waals surface area contributed by atoms with E-state index in [-0.39, 0.29) is 22.8 Å². The molecule has 0 fully saturated rings. The number of ether oxygens (including phenoxy) is 2. The lowest BCUT2D eigenvalue weighted by Crippen LogP contribution is -2.17. The fraction of sp³-hybridized carbons (Fsp3) is 0.471. The molecule has 2 rings (SSSR count). The molecule has 0 aliphatic rings. The van der Waals surface area contributed by atoms with Crippen LogP contribution in [0, 0.1) is 13.8 Å². The van der Waals surface area contributed by atoms with Crippen molar-refractivity contribution in [2.45, 2.75) is 88.9 Å². The van der Waals surface area contributed by atoms with Crippen LogP contribution >= 0.6 is 35.3 Å². The van der Waals surface area contributed by atoms with E-state index in [2.05, 4.69) is 66.8 Å². The summed E-state index contributed by atoms with van der Waals surface area (Å²) in [6.07, 6.45) is 4.39. The summed E-state index contributed by atoms with van der Waals surface area (Å²) in [4.78, 5) is 27.4. The molecule has 0 spiro atoms. The van der Waals surface area contributed by atoms with Crippen molar-refractivity contribution in [3.05, 3.63) is 71.8 Å². The van der Waals surface area contributed by atoms with Gasteiger partial charge in [0.25, 0.3) is 0 Å². The van der Waals surface area contributed by atoms with Gasteiger partial charge >= 0.3 is 11.9 Å². The van der Waals surface area contributed by atoms with Crippen LogP contribution in [-0.2, 0) is 20.4 Å². The van der Waals surface area contributed by atoms with Crippen molar-refractivity contribution in [1.29, 1.82) is 0 Å². The smallest absolute Gasteiger partial charge is 0.312 e. The van der Waals surface area contributed by atoms with Crippen molar-refractivity contribution in [3.63, 3.8) is 0 Å². The van der Waals surface area contributed by atoms with E-state index in [0.717, 1.165) is 43.6 Å². The van der Waals surface area contributed by atoms with E-state index in [0.29, 0.717) is 35.8 Å². The lowest BCUT2D eigenvalue weighted by atomic mass is 9.85. The number of benzene rings is 2. The molecular formula is C34H46O4S3. The first-order chi connectivity index (χ1) is 19.2. The number of thioether (sulfide) groups is 2. The van der Waals surface area contributed by atoms with Crippen LogP contribution in [0.2, 0.25) is 0 Å². The Hall–Kier alpha value is -2.09. The summed E-state index contributed by atoms with van der Waals surface area (Å²) in [5.41, 5.74) is 3.62. The number of carbonyl (C=O) groups excluding carboxylic acids is 2. The third-order valence-corrected chi connectivity index (χ3v) is 9.46. The van der Waals surface area contributed by atoms with Crippen LogP contribution in [0.4, 0.5) is 0 Å². The second-order valence-corrected chi connectivity index (χ2v) is 15.4. The average molecular weight is 615 g/mol. The first-order valence-corrected chi connectivity index (χ1v) is 17.1. The van der Waals surface area contributed by atoms with Gasteiger partial charge in [0.2, 0.25) is 0 Å². The summed E-state index contributed by atoms with van der Waals surface area (Å²) in [5.74, 6) is 3.86. The van der Waals surface area contributed by atoms with Crippen LogP contribution in [0.3, 0.4) is 0 Å². The molecule has 2 aromatic carbocycles. The van der Waals surface area contributed by atoms with Gasteiger partial charge in [-0.15, -0.1) is 13.2 Å². The highest BCUT2D eigenvalue weighted by atomic mass is 32.2. The third kappa shape index (κ3) is 11.3. The van der Waals surface area contributed by atoms with E-state index in [1.807, 2.05) is 38.1 Å². The van der Waals surface area contributed by atoms with Crippen LogP contribution < -0.4 is 9.47 Å². The number of carbonyl (C=O) groups is 2. The molecule has 0 saturated heterocycles. The Morgan fingerprint density at radius 2 is 1.07 bits per heavy atom. The van der Waals surface area contributed by atoms with Gasteiger partial charge in [0.05, 0.1) is 12.8 Å². The van der Waals surface area contributed by atoms with Crippen LogP contribution in [0.15, 0.2) is 59.4 Å². The topological polar surface area (TPSA) is 52.6 Å². The molecule has 2 aromatic rings. The van der Waals surface area contributed by atoms with Crippen molar-refractivity contribution in [1.82, 2.24) is 0 Å². The van der Waals surface area contributed by atoms with E-state index in [4.69, 9.17) is 9.47 Å². The van der Waals surface area contributed by atoms with Crippen LogP contribution in [0.5, 0.6) is 11.5 Å². The monoisotopic (exact) mass is 614 g/mol. The van der Waals surface area contributed by atoms with Crippen LogP contribution in [-0.4, -0.2) is 35.0 Å². The van der Waals surface area contributed by atoms with E-state index >= 15 is 0 Å². The van der Waals surface area contributed by atoms with Gasteiger partial charge in [0.1, 0.15) is 11.5 Å². The zero-order valence-corrected chi connectivity index (χ0v) is 28.4. The van der Waals surface area contributed by atoms with E-state index in [1.165, 1.54) is 0 Å². The highest BCUT2D eigenvalue weighted by Gasteiger charge is 2.25. The highest BCUT2D eigenvalue weighted by Crippen LogP contribution is 2.43. The molecule has 0 N–H and O–H groups in total. The minimum atomic E-state index is -0.220. The van der Waals surface area contributed by atoms with E-state index in [9.17, 15) is 9.59 Å². The second-order valence-electron chi connectivity index (χ2n) is 12.0. The van der Waals surface area contributed by atoms with Crippen molar-refractivity contribution in [2.24, 2.45) is 0 Å². The Labute approximate surface area is 260 Å². The molecule has 0 amide bonds. The van der Waals surface area contributed by atoms with E-state index < -0.39 is 0 Å². The Balaban J connectivity index is 2.37. The van der Waals surface area contributed by atoms with Crippen molar-refractivity contribution in [2.75, 3.05) is 23.0 Å². The maximum Gasteiger partial charge on any atom is 0.312 e. The maximum atomic E-state index is 12.6. The molecule has 0 aliphatic heterocycles. The van der Waals surface area contributed by atoms with Gasteiger partial charge in [0.15, 0.2) is 0 Å². The minimum absolute atomic E-state index is 0.218. The molecule has 41 heavy (non-hydrogen) atoms. The lowest BCUT2D eigenvalue weighted by molar-refractivity contribution is -0.134. The molecule has 0 heterocycles. The predicted octanol–water partition coefficient (Wildman–Crippen LogP) is 9.48. The van der Waals surface area contributed by atoms with Gasteiger partial charge in [-0.1, -0.05) is 65.5 Å². The SMILES string of the molecule is C=CCSCCC(=O)Oc1cc(C)c(Sc2cc(C(C)(C)C)c(OC(=O)CCSCC=C)cc2C)cc1C(C)(C)C. The van der Waals surface area contributed by atoms with Gasteiger partial charge in [-0.2, -0.15) is 23.5 Å². The quantitative estimate of drug-likeness (QED) is 0.0909. The Morgan fingerprint density at radius 1 is 0.707 bits per heavy atom. The van der Waals surface area contributed by atoms with E-state index in [1.54, 1.807) is 35.3 Å². The van der Waals surface area contributed by atoms with Crippen LogP contribution in [0.1, 0.15) is 76.6 Å². The van der Waals surface area contributed by atoms with Crippen molar-refractivity contribution < 1.29 is 19.1 Å². The summed E-state index contributed by atoms with van der Waals surface area (Å²) in [5, 5.41) is 0. The van der Waals surface area contributed by atoms with Gasteiger partial charge in [-0.25, -0.2) is 0 Å². The molecule has 0 unspecified atom stereocenters. The molecule has 7 heteroatoms. The summed E-state index contributed by atoms with van der Waals surface area (Å²) in [6.45, 7) is 24.3. The first kappa shape index (κ1) is 35.1. The fourth-order valence-electron chi connectivity index (χ4n) is 3.99. The van der Waals surface area contributed by atoms with Crippen LogP contribution in [0.25, 0.3) is 0 Å². The summed E-state index contributed by atoms with van der Waals surface area (Å²) in [7, 11) is 0. The maximum absolute atomic E-state index is 12.6. The fourth-order valence-corrected chi connectivity index (χ4v) is 6.31. The molecule has 224 valence electrons. The Bertz CT molecular complexity index is 1140. The average Bonchev–Trinajstić information content (AvgIpc) is 2.86. The number of aryl methyl sites for hydroxylation is 2. The molecule has 0 atom stereocenters. The normalized spacial score (nSPS) is 11.7. The summed E-state index contributed by atoms with van der Waals surface area (Å²) in [6, 6.07) is 8.27. The first-order valence-electron chi connectivity index (χ1n) is 13.9. The van der Waals surface area contributed by atoms with Gasteiger partial charge in [0, 0.05) is 43.9 Å². The largest absolute Gasteiger partial charge is 0.426 e. The van der Waals surface area contributed by atoms with Gasteiger partial charge in [-0.05, 0) is 60.1 Å². The Morgan fingerprint density at radius 3 is 1.39 bits per heavy atom. The minimum Gasteiger partial charge on any atom is -0.426 e. The molecule has 0 bridgehead atoms. The zero-order valence-electron chi connectivity index (χ0n) is 26.0. The zero-order chi connectivity index (χ0) is 30.8. The molecule has 0 aliphatic carbocycles. The number of rotatable bonds is 14. The number of hydrogen-bond acceptors (Lipinski definition) is 7. The molecule has 0 saturated carbocycles. The number of hydrogen-bond donors (Lipinski definition) is 0. The van der Waals surface area contributed by atoms with Crippen molar-refractivity contribution >= 4 is 47.2 Å². The van der Waals surface area contributed by atoms with Gasteiger partial charge < -0.3 is 9.47 Å². The summed E-state index contributed by atoms with van der Waals surface area (Å²) < 4.78 is 11.8. The summed E-state index contributed by atoms with van der Waals surface area (Å²) >= 11 is 5.02. The molecule has 4 nitrogen and oxygen atoms in total. The molecule has 0 radical (unpaired) electrons. The van der Waals surface area contributed by atoms with Crippen molar-refractivity contribution in [3.8, 4) is 11.5 Å². The predicted molar refractivity (Wildman–Crippen MR) is 179 cm³/mol. The third-order valence-electron chi connectivity index (χ3n) is 6.21. The second kappa shape index (κ2) is 15.9.